The SMILES string of the molecule is CC(C)C(NC(=O)C1CCCNC1)C12CC(c3ccccc3)(C1)C2. The molecular formula is C21H30N2O. The van der Waals surface area contributed by atoms with Gasteiger partial charge in [-0.2, -0.15) is 0 Å². The van der Waals surface area contributed by atoms with Crippen molar-refractivity contribution in [3.63, 3.8) is 0 Å². The monoisotopic (exact) mass is 326 g/mol. The number of amides is 1. The zero-order chi connectivity index (χ0) is 16.8. The standard InChI is InChI=1S/C21H30N2O/c1-15(2)18(23-19(24)16-7-6-10-22-11-16)21-12-20(13-21,14-21)17-8-4-3-5-9-17/h3-5,8-9,15-16,18,22H,6-7,10-14H2,1-2H3,(H,23,24). The van der Waals surface area contributed by atoms with E-state index in [2.05, 4.69) is 54.8 Å². The van der Waals surface area contributed by atoms with E-state index in [1.54, 1.807) is 0 Å². The molecule has 1 aliphatic heterocycles. The summed E-state index contributed by atoms with van der Waals surface area (Å²) >= 11 is 0. The van der Waals surface area contributed by atoms with E-state index in [1.165, 1.54) is 24.8 Å². The highest BCUT2D eigenvalue weighted by atomic mass is 16.2. The van der Waals surface area contributed by atoms with Gasteiger partial charge in [-0.05, 0) is 61.0 Å². The molecule has 1 saturated heterocycles. The second-order valence-electron chi connectivity index (χ2n) is 8.81. The predicted molar refractivity (Wildman–Crippen MR) is 96.8 cm³/mol. The summed E-state index contributed by atoms with van der Waals surface area (Å²) in [5.74, 6) is 0.939. The highest BCUT2D eigenvalue weighted by molar-refractivity contribution is 5.79. The Kier molecular flexibility index (Phi) is 3.95. The highest BCUT2D eigenvalue weighted by Gasteiger charge is 2.71. The summed E-state index contributed by atoms with van der Waals surface area (Å²) < 4.78 is 0. The van der Waals surface area contributed by atoms with Crippen molar-refractivity contribution < 1.29 is 4.79 Å². The number of hydrogen-bond acceptors (Lipinski definition) is 2. The van der Waals surface area contributed by atoms with Gasteiger partial charge in [-0.15, -0.1) is 0 Å². The van der Waals surface area contributed by atoms with Crippen molar-refractivity contribution in [1.82, 2.24) is 10.6 Å². The molecule has 3 heteroatoms. The molecule has 0 spiro atoms. The second kappa shape index (κ2) is 5.87. The summed E-state index contributed by atoms with van der Waals surface area (Å²) in [7, 11) is 0. The zero-order valence-electron chi connectivity index (χ0n) is 15.0. The highest BCUT2D eigenvalue weighted by Crippen LogP contribution is 2.75. The molecule has 3 saturated carbocycles. The van der Waals surface area contributed by atoms with Gasteiger partial charge in [0, 0.05) is 12.6 Å². The van der Waals surface area contributed by atoms with Crippen LogP contribution in [0.15, 0.2) is 30.3 Å². The van der Waals surface area contributed by atoms with Crippen LogP contribution in [0, 0.1) is 17.3 Å². The third kappa shape index (κ3) is 2.48. The topological polar surface area (TPSA) is 41.1 Å². The lowest BCUT2D eigenvalue weighted by atomic mass is 9.31. The fraction of sp³-hybridized carbons (Fsp3) is 0.667. The number of carbonyl (C=O) groups is 1. The first-order valence-corrected chi connectivity index (χ1v) is 9.61. The Morgan fingerprint density at radius 3 is 2.50 bits per heavy atom. The van der Waals surface area contributed by atoms with Gasteiger partial charge >= 0.3 is 0 Å². The van der Waals surface area contributed by atoms with Crippen molar-refractivity contribution in [2.75, 3.05) is 13.1 Å². The molecule has 4 aliphatic rings. The molecule has 2 bridgehead atoms. The van der Waals surface area contributed by atoms with Gasteiger partial charge in [0.15, 0.2) is 0 Å². The van der Waals surface area contributed by atoms with Gasteiger partial charge < -0.3 is 10.6 Å². The molecule has 0 aromatic heterocycles. The number of benzene rings is 1. The molecule has 2 N–H and O–H groups in total. The maximum absolute atomic E-state index is 12.7. The normalized spacial score (nSPS) is 35.7. The van der Waals surface area contributed by atoms with Crippen LogP contribution < -0.4 is 10.6 Å². The van der Waals surface area contributed by atoms with E-state index in [-0.39, 0.29) is 11.8 Å². The number of carbonyl (C=O) groups excluding carboxylic acids is 1. The van der Waals surface area contributed by atoms with Crippen LogP contribution in [-0.2, 0) is 10.2 Å². The smallest absolute Gasteiger partial charge is 0.224 e. The Morgan fingerprint density at radius 2 is 1.92 bits per heavy atom. The van der Waals surface area contributed by atoms with Crippen LogP contribution in [0.5, 0.6) is 0 Å². The van der Waals surface area contributed by atoms with Crippen molar-refractivity contribution in [2.24, 2.45) is 17.3 Å². The Bertz CT molecular complexity index is 584. The van der Waals surface area contributed by atoms with Crippen molar-refractivity contribution in [3.8, 4) is 0 Å². The second-order valence-corrected chi connectivity index (χ2v) is 8.81. The summed E-state index contributed by atoms with van der Waals surface area (Å²) in [5.41, 5.74) is 2.25. The molecule has 1 aromatic rings. The minimum atomic E-state index is 0.162. The summed E-state index contributed by atoms with van der Waals surface area (Å²) in [6, 6.07) is 11.3. The molecular weight excluding hydrogens is 296 g/mol. The minimum absolute atomic E-state index is 0.162. The van der Waals surface area contributed by atoms with Crippen LogP contribution in [0.25, 0.3) is 0 Å². The Morgan fingerprint density at radius 1 is 1.21 bits per heavy atom. The predicted octanol–water partition coefficient (Wildman–Crippen LogP) is 3.25. The Balaban J connectivity index is 1.42. The average Bonchev–Trinajstić information content (AvgIpc) is 2.53. The summed E-state index contributed by atoms with van der Waals surface area (Å²) in [4.78, 5) is 12.7. The number of piperidine rings is 1. The van der Waals surface area contributed by atoms with Gasteiger partial charge in [-0.3, -0.25) is 4.79 Å². The molecule has 3 nitrogen and oxygen atoms in total. The van der Waals surface area contributed by atoms with Crippen molar-refractivity contribution in [3.05, 3.63) is 35.9 Å². The molecule has 1 heterocycles. The van der Waals surface area contributed by atoms with Gasteiger partial charge in [0.1, 0.15) is 0 Å². The lowest BCUT2D eigenvalue weighted by Gasteiger charge is -2.74. The van der Waals surface area contributed by atoms with Crippen molar-refractivity contribution in [1.29, 1.82) is 0 Å². The van der Waals surface area contributed by atoms with E-state index in [0.717, 1.165) is 25.9 Å². The fourth-order valence-corrected chi connectivity index (χ4v) is 5.67. The summed E-state index contributed by atoms with van der Waals surface area (Å²) in [5, 5.41) is 6.82. The van der Waals surface area contributed by atoms with Crippen LogP contribution in [0.4, 0.5) is 0 Å². The van der Waals surface area contributed by atoms with E-state index in [0.29, 0.717) is 22.8 Å². The molecule has 1 aromatic carbocycles. The van der Waals surface area contributed by atoms with Gasteiger partial charge in [0.05, 0.1) is 5.92 Å². The molecule has 24 heavy (non-hydrogen) atoms. The molecule has 5 rings (SSSR count). The number of nitrogens with one attached hydrogen (secondary N) is 2. The molecule has 0 radical (unpaired) electrons. The molecule has 4 fully saturated rings. The van der Waals surface area contributed by atoms with Gasteiger partial charge in [-0.25, -0.2) is 0 Å². The first-order valence-electron chi connectivity index (χ1n) is 9.61. The minimum Gasteiger partial charge on any atom is -0.352 e. The number of hydrogen-bond donors (Lipinski definition) is 2. The van der Waals surface area contributed by atoms with Crippen LogP contribution in [0.2, 0.25) is 0 Å². The third-order valence-electron chi connectivity index (χ3n) is 6.75. The maximum atomic E-state index is 12.7. The van der Waals surface area contributed by atoms with Crippen molar-refractivity contribution in [2.45, 2.75) is 57.4 Å². The molecule has 1 amide bonds. The summed E-state index contributed by atoms with van der Waals surface area (Å²) in [6.45, 7) is 6.43. The van der Waals surface area contributed by atoms with E-state index in [1.807, 2.05) is 0 Å². The zero-order valence-corrected chi connectivity index (χ0v) is 15.0. The van der Waals surface area contributed by atoms with E-state index in [9.17, 15) is 4.79 Å². The van der Waals surface area contributed by atoms with Crippen LogP contribution in [0.1, 0.15) is 51.5 Å². The van der Waals surface area contributed by atoms with Crippen LogP contribution >= 0.6 is 0 Å². The van der Waals surface area contributed by atoms with Crippen LogP contribution in [-0.4, -0.2) is 25.0 Å². The van der Waals surface area contributed by atoms with Gasteiger partial charge in [0.25, 0.3) is 0 Å². The molecule has 2 atom stereocenters. The van der Waals surface area contributed by atoms with Crippen molar-refractivity contribution >= 4 is 5.91 Å². The lowest BCUT2D eigenvalue weighted by molar-refractivity contribution is -0.177. The van der Waals surface area contributed by atoms with Gasteiger partial charge in [-0.1, -0.05) is 44.2 Å². The molecule has 3 aliphatic carbocycles. The Labute approximate surface area is 145 Å². The van der Waals surface area contributed by atoms with E-state index < -0.39 is 0 Å². The lowest BCUT2D eigenvalue weighted by Crippen LogP contribution is -2.73. The van der Waals surface area contributed by atoms with Gasteiger partial charge in [0.2, 0.25) is 5.91 Å². The summed E-state index contributed by atoms with van der Waals surface area (Å²) in [6.07, 6.45) is 5.89. The molecule has 2 unspecified atom stereocenters. The third-order valence-corrected chi connectivity index (χ3v) is 6.75. The largest absolute Gasteiger partial charge is 0.352 e. The quantitative estimate of drug-likeness (QED) is 0.872. The fourth-order valence-electron chi connectivity index (χ4n) is 5.67. The maximum Gasteiger partial charge on any atom is 0.224 e. The number of rotatable bonds is 5. The van der Waals surface area contributed by atoms with E-state index in [4.69, 9.17) is 0 Å². The first kappa shape index (κ1) is 16.1. The average molecular weight is 326 g/mol. The first-order chi connectivity index (χ1) is 11.5. The van der Waals surface area contributed by atoms with E-state index >= 15 is 0 Å². The Hall–Kier alpha value is -1.35. The van der Waals surface area contributed by atoms with Crippen LogP contribution in [0.3, 0.4) is 0 Å². The molecule has 130 valence electrons.